The van der Waals surface area contributed by atoms with E-state index in [1.807, 2.05) is 55.4 Å². The summed E-state index contributed by atoms with van der Waals surface area (Å²) in [6, 6.07) is 11.6. The van der Waals surface area contributed by atoms with E-state index in [-0.39, 0.29) is 11.8 Å². The number of benzene rings is 1. The van der Waals surface area contributed by atoms with Gasteiger partial charge in [0.2, 0.25) is 5.91 Å². The lowest BCUT2D eigenvalue weighted by atomic mass is 9.96. The third-order valence-corrected chi connectivity index (χ3v) is 3.72. The van der Waals surface area contributed by atoms with Gasteiger partial charge in [-0.15, -0.1) is 0 Å². The molecule has 3 rings (SSSR count). The minimum absolute atomic E-state index is 0.0334. The number of carbonyl (C=O) groups excluding carboxylic acids is 1. The number of nitrogens with zero attached hydrogens (tertiary/aromatic N) is 2. The lowest BCUT2D eigenvalue weighted by molar-refractivity contribution is -0.121. The summed E-state index contributed by atoms with van der Waals surface area (Å²) in [6.07, 6.45) is 2.37. The van der Waals surface area contributed by atoms with E-state index in [1.54, 1.807) is 6.20 Å². The Kier molecular flexibility index (Phi) is 3.96. The standard InChI is InChI=1S/C17H19N3O2/c1-20(2)16-8-7-14(10-18-16)19-17(21)13-9-12-5-3-4-6-15(12)22-11-13/h3-8,10,13H,9,11H2,1-2H3,(H,19,21)/t13-/m1/s1. The molecule has 22 heavy (non-hydrogen) atoms. The van der Waals surface area contributed by atoms with Crippen molar-refractivity contribution in [1.29, 1.82) is 0 Å². The number of rotatable bonds is 3. The van der Waals surface area contributed by atoms with Gasteiger partial charge in [-0.2, -0.15) is 0 Å². The van der Waals surface area contributed by atoms with Crippen LogP contribution in [0.15, 0.2) is 42.6 Å². The lowest BCUT2D eigenvalue weighted by Gasteiger charge is -2.24. The topological polar surface area (TPSA) is 54.5 Å². The van der Waals surface area contributed by atoms with Crippen molar-refractivity contribution in [1.82, 2.24) is 4.98 Å². The van der Waals surface area contributed by atoms with Crippen molar-refractivity contribution < 1.29 is 9.53 Å². The Morgan fingerprint density at radius 3 is 2.82 bits per heavy atom. The summed E-state index contributed by atoms with van der Waals surface area (Å²) in [6.45, 7) is 0.409. The average molecular weight is 297 g/mol. The van der Waals surface area contributed by atoms with Crippen LogP contribution < -0.4 is 15.0 Å². The summed E-state index contributed by atoms with van der Waals surface area (Å²) in [5.41, 5.74) is 1.78. The van der Waals surface area contributed by atoms with E-state index >= 15 is 0 Å². The van der Waals surface area contributed by atoms with E-state index in [9.17, 15) is 4.79 Å². The van der Waals surface area contributed by atoms with Crippen LogP contribution in [0.4, 0.5) is 11.5 Å². The van der Waals surface area contributed by atoms with Crippen LogP contribution in [-0.4, -0.2) is 31.6 Å². The molecule has 1 aromatic carbocycles. The molecule has 0 fully saturated rings. The minimum atomic E-state index is -0.177. The van der Waals surface area contributed by atoms with Crippen molar-refractivity contribution in [2.24, 2.45) is 5.92 Å². The fraction of sp³-hybridized carbons (Fsp3) is 0.294. The van der Waals surface area contributed by atoms with Gasteiger partial charge < -0.3 is 15.0 Å². The third-order valence-electron chi connectivity index (χ3n) is 3.72. The molecule has 114 valence electrons. The molecule has 0 radical (unpaired) electrons. The molecule has 0 bridgehead atoms. The van der Waals surface area contributed by atoms with E-state index < -0.39 is 0 Å². The van der Waals surface area contributed by atoms with Crippen molar-refractivity contribution >= 4 is 17.4 Å². The zero-order valence-electron chi connectivity index (χ0n) is 12.7. The first-order chi connectivity index (χ1) is 10.6. The zero-order valence-corrected chi connectivity index (χ0v) is 12.7. The van der Waals surface area contributed by atoms with Gasteiger partial charge in [-0.25, -0.2) is 4.98 Å². The highest BCUT2D eigenvalue weighted by Crippen LogP contribution is 2.27. The van der Waals surface area contributed by atoms with Crippen LogP contribution in [-0.2, 0) is 11.2 Å². The summed E-state index contributed by atoms with van der Waals surface area (Å²) in [4.78, 5) is 18.6. The molecular weight excluding hydrogens is 278 g/mol. The van der Waals surface area contributed by atoms with Crippen molar-refractivity contribution in [2.45, 2.75) is 6.42 Å². The molecular formula is C17H19N3O2. The van der Waals surface area contributed by atoms with Crippen molar-refractivity contribution in [3.05, 3.63) is 48.2 Å². The SMILES string of the molecule is CN(C)c1ccc(NC(=O)[C@H]2COc3ccccc3C2)cn1. The monoisotopic (exact) mass is 297 g/mol. The first-order valence-corrected chi connectivity index (χ1v) is 7.28. The molecule has 0 saturated carbocycles. The van der Waals surface area contributed by atoms with Crippen molar-refractivity contribution in [3.8, 4) is 5.75 Å². The molecule has 1 aliphatic heterocycles. The van der Waals surface area contributed by atoms with Gasteiger partial charge in [0.25, 0.3) is 0 Å². The number of amides is 1. The summed E-state index contributed by atoms with van der Waals surface area (Å²) in [7, 11) is 3.86. The number of hydrogen-bond donors (Lipinski definition) is 1. The number of pyridine rings is 1. The molecule has 0 aliphatic carbocycles. The van der Waals surface area contributed by atoms with Gasteiger partial charge in [0.15, 0.2) is 0 Å². The second-order valence-electron chi connectivity index (χ2n) is 5.61. The van der Waals surface area contributed by atoms with Crippen LogP contribution in [0, 0.1) is 5.92 Å². The molecule has 1 amide bonds. The summed E-state index contributed by atoms with van der Waals surface area (Å²) in [5.74, 6) is 1.52. The highest BCUT2D eigenvalue weighted by atomic mass is 16.5. The van der Waals surface area contributed by atoms with Crippen LogP contribution in [0.2, 0.25) is 0 Å². The van der Waals surface area contributed by atoms with Gasteiger partial charge in [-0.05, 0) is 30.2 Å². The summed E-state index contributed by atoms with van der Waals surface area (Å²) < 4.78 is 5.66. The number of nitrogens with one attached hydrogen (secondary N) is 1. The van der Waals surface area contributed by atoms with Gasteiger partial charge in [0.05, 0.1) is 17.8 Å². The number of para-hydroxylation sites is 1. The normalized spacial score (nSPS) is 16.4. The summed E-state index contributed by atoms with van der Waals surface area (Å²) in [5, 5.41) is 2.91. The van der Waals surface area contributed by atoms with Crippen LogP contribution in [0.25, 0.3) is 0 Å². The van der Waals surface area contributed by atoms with Crippen molar-refractivity contribution in [2.75, 3.05) is 30.9 Å². The van der Waals surface area contributed by atoms with E-state index in [2.05, 4.69) is 10.3 Å². The second-order valence-corrected chi connectivity index (χ2v) is 5.61. The zero-order chi connectivity index (χ0) is 15.5. The number of hydrogen-bond acceptors (Lipinski definition) is 4. The van der Waals surface area contributed by atoms with Gasteiger partial charge >= 0.3 is 0 Å². The Hall–Kier alpha value is -2.56. The molecule has 0 spiro atoms. The van der Waals surface area contributed by atoms with Gasteiger partial charge in [-0.3, -0.25) is 4.79 Å². The number of carbonyl (C=O) groups is 1. The van der Waals surface area contributed by atoms with Crippen LogP contribution in [0.5, 0.6) is 5.75 Å². The minimum Gasteiger partial charge on any atom is -0.492 e. The lowest BCUT2D eigenvalue weighted by Crippen LogP contribution is -2.32. The molecule has 5 nitrogen and oxygen atoms in total. The van der Waals surface area contributed by atoms with Crippen molar-refractivity contribution in [3.63, 3.8) is 0 Å². The molecule has 1 N–H and O–H groups in total. The van der Waals surface area contributed by atoms with Crippen LogP contribution >= 0.6 is 0 Å². The van der Waals surface area contributed by atoms with Gasteiger partial charge in [0, 0.05) is 14.1 Å². The molecule has 0 unspecified atom stereocenters. The van der Waals surface area contributed by atoms with Gasteiger partial charge in [0.1, 0.15) is 18.2 Å². The third kappa shape index (κ3) is 3.03. The number of anilines is 2. The number of aromatic nitrogens is 1. The average Bonchev–Trinajstić information content (AvgIpc) is 2.55. The number of ether oxygens (including phenoxy) is 1. The maximum Gasteiger partial charge on any atom is 0.231 e. The van der Waals surface area contributed by atoms with Crippen LogP contribution in [0.3, 0.4) is 0 Å². The van der Waals surface area contributed by atoms with Crippen LogP contribution in [0.1, 0.15) is 5.56 Å². The van der Waals surface area contributed by atoms with E-state index in [4.69, 9.17) is 4.74 Å². The predicted molar refractivity (Wildman–Crippen MR) is 86.3 cm³/mol. The smallest absolute Gasteiger partial charge is 0.231 e. The van der Waals surface area contributed by atoms with E-state index in [0.717, 1.165) is 17.1 Å². The highest BCUT2D eigenvalue weighted by molar-refractivity contribution is 5.93. The first kappa shape index (κ1) is 14.4. The van der Waals surface area contributed by atoms with E-state index in [0.29, 0.717) is 18.7 Å². The molecule has 1 aliphatic rings. The Morgan fingerprint density at radius 1 is 1.27 bits per heavy atom. The van der Waals surface area contributed by atoms with E-state index in [1.165, 1.54) is 0 Å². The number of fused-ring (bicyclic) bond motifs is 1. The Morgan fingerprint density at radius 2 is 2.09 bits per heavy atom. The highest BCUT2D eigenvalue weighted by Gasteiger charge is 2.25. The fourth-order valence-corrected chi connectivity index (χ4v) is 2.47. The molecule has 2 heterocycles. The quantitative estimate of drug-likeness (QED) is 0.945. The molecule has 5 heteroatoms. The maximum absolute atomic E-state index is 12.4. The Labute approximate surface area is 129 Å². The second kappa shape index (κ2) is 6.05. The molecule has 2 aromatic rings. The predicted octanol–water partition coefficient (Wildman–Crippen LogP) is 2.34. The largest absolute Gasteiger partial charge is 0.492 e. The Balaban J connectivity index is 1.65. The Bertz CT molecular complexity index is 668. The molecule has 0 saturated heterocycles. The molecule has 1 atom stereocenters. The maximum atomic E-state index is 12.4. The summed E-state index contributed by atoms with van der Waals surface area (Å²) >= 11 is 0. The van der Waals surface area contributed by atoms with Gasteiger partial charge in [-0.1, -0.05) is 18.2 Å². The molecule has 1 aromatic heterocycles. The fourth-order valence-electron chi connectivity index (χ4n) is 2.47. The first-order valence-electron chi connectivity index (χ1n) is 7.28.